The number of aromatic nitrogens is 2. The lowest BCUT2D eigenvalue weighted by Crippen LogP contribution is -2.32. The zero-order valence-electron chi connectivity index (χ0n) is 11.3. The third-order valence-corrected chi connectivity index (χ3v) is 3.64. The summed E-state index contributed by atoms with van der Waals surface area (Å²) in [6, 6.07) is 0.805. The average Bonchev–Trinajstić information content (AvgIpc) is 2.39. The summed E-state index contributed by atoms with van der Waals surface area (Å²) >= 11 is 5.50. The molecule has 0 aliphatic rings. The Bertz CT molecular complexity index is 442. The lowest BCUT2D eigenvalue weighted by Gasteiger charge is -2.29. The van der Waals surface area contributed by atoms with Crippen LogP contribution in [-0.2, 0) is 6.18 Å². The van der Waals surface area contributed by atoms with Crippen molar-refractivity contribution < 1.29 is 18.3 Å². The SMILES string of the molecule is CCC(CC)(CO)CNc1cc(C(F)(F)F)nc(Cl)n1. The minimum absolute atomic E-state index is 0.00273. The quantitative estimate of drug-likeness (QED) is 0.791. The zero-order valence-corrected chi connectivity index (χ0v) is 12.0. The molecule has 0 saturated heterocycles. The van der Waals surface area contributed by atoms with Crippen LogP contribution < -0.4 is 5.32 Å². The van der Waals surface area contributed by atoms with Gasteiger partial charge in [-0.05, 0) is 24.4 Å². The molecule has 1 aromatic rings. The molecule has 1 aromatic heterocycles. The van der Waals surface area contributed by atoms with E-state index in [4.69, 9.17) is 11.6 Å². The highest BCUT2D eigenvalue weighted by Gasteiger charge is 2.34. The van der Waals surface area contributed by atoms with Crippen LogP contribution in [0.2, 0.25) is 5.28 Å². The molecule has 0 aliphatic heterocycles. The number of rotatable bonds is 6. The fourth-order valence-electron chi connectivity index (χ4n) is 1.71. The maximum atomic E-state index is 12.6. The molecule has 0 atom stereocenters. The van der Waals surface area contributed by atoms with Gasteiger partial charge in [0.1, 0.15) is 5.82 Å². The van der Waals surface area contributed by atoms with Gasteiger partial charge in [0.05, 0.1) is 6.61 Å². The van der Waals surface area contributed by atoms with Gasteiger partial charge in [-0.1, -0.05) is 13.8 Å². The van der Waals surface area contributed by atoms with Crippen LogP contribution >= 0.6 is 11.6 Å². The van der Waals surface area contributed by atoms with E-state index in [9.17, 15) is 18.3 Å². The van der Waals surface area contributed by atoms with Crippen LogP contribution in [0.4, 0.5) is 19.0 Å². The molecule has 8 heteroatoms. The number of aliphatic hydroxyl groups is 1. The van der Waals surface area contributed by atoms with Crippen molar-refractivity contribution in [2.75, 3.05) is 18.5 Å². The summed E-state index contributed by atoms with van der Waals surface area (Å²) in [6.07, 6.45) is -3.19. The van der Waals surface area contributed by atoms with Gasteiger partial charge in [0.15, 0.2) is 5.69 Å². The van der Waals surface area contributed by atoms with E-state index in [2.05, 4.69) is 15.3 Å². The molecule has 0 fully saturated rings. The Labute approximate surface area is 120 Å². The standard InChI is InChI=1S/C12H17ClF3N3O/c1-3-11(4-2,7-20)6-17-9-5-8(12(14,15)16)18-10(13)19-9/h5,20H,3-4,6-7H2,1-2H3,(H,17,18,19). The second-order valence-electron chi connectivity index (χ2n) is 4.62. The number of halogens is 4. The molecule has 0 unspecified atom stereocenters. The average molecular weight is 312 g/mol. The molecule has 4 nitrogen and oxygen atoms in total. The van der Waals surface area contributed by atoms with E-state index in [1.165, 1.54) is 0 Å². The van der Waals surface area contributed by atoms with Crippen LogP contribution in [0.1, 0.15) is 32.4 Å². The van der Waals surface area contributed by atoms with Crippen LogP contribution in [0.15, 0.2) is 6.07 Å². The van der Waals surface area contributed by atoms with Gasteiger partial charge in [-0.25, -0.2) is 9.97 Å². The first-order valence-electron chi connectivity index (χ1n) is 6.23. The van der Waals surface area contributed by atoms with Gasteiger partial charge >= 0.3 is 6.18 Å². The van der Waals surface area contributed by atoms with Crippen LogP contribution in [0, 0.1) is 5.41 Å². The molecule has 1 rings (SSSR count). The molecule has 20 heavy (non-hydrogen) atoms. The largest absolute Gasteiger partial charge is 0.433 e. The Morgan fingerprint density at radius 1 is 1.25 bits per heavy atom. The molecular weight excluding hydrogens is 295 g/mol. The minimum Gasteiger partial charge on any atom is -0.396 e. The molecule has 0 aliphatic carbocycles. The fraction of sp³-hybridized carbons (Fsp3) is 0.667. The van der Waals surface area contributed by atoms with Crippen molar-refractivity contribution in [2.24, 2.45) is 5.41 Å². The number of aliphatic hydroxyl groups excluding tert-OH is 1. The van der Waals surface area contributed by atoms with Crippen LogP contribution in [0.3, 0.4) is 0 Å². The van der Waals surface area contributed by atoms with E-state index < -0.39 is 22.6 Å². The van der Waals surface area contributed by atoms with Crippen molar-refractivity contribution in [2.45, 2.75) is 32.9 Å². The predicted octanol–water partition coefficient (Wildman–Crippen LogP) is 3.36. The molecule has 114 valence electrons. The Balaban J connectivity index is 2.91. The maximum absolute atomic E-state index is 12.6. The predicted molar refractivity (Wildman–Crippen MR) is 70.6 cm³/mol. The Morgan fingerprint density at radius 2 is 1.85 bits per heavy atom. The highest BCUT2D eigenvalue weighted by Crippen LogP contribution is 2.30. The van der Waals surface area contributed by atoms with Gasteiger partial charge in [0.2, 0.25) is 5.28 Å². The lowest BCUT2D eigenvalue weighted by molar-refractivity contribution is -0.141. The van der Waals surface area contributed by atoms with Crippen molar-refractivity contribution in [3.05, 3.63) is 17.0 Å². The number of anilines is 1. The van der Waals surface area contributed by atoms with Crippen molar-refractivity contribution >= 4 is 17.4 Å². The summed E-state index contributed by atoms with van der Waals surface area (Å²) in [4.78, 5) is 6.86. The monoisotopic (exact) mass is 311 g/mol. The zero-order chi connectivity index (χ0) is 15.4. The number of nitrogens with zero attached hydrogens (tertiary/aromatic N) is 2. The van der Waals surface area contributed by atoms with E-state index in [1.54, 1.807) is 0 Å². The number of nitrogens with one attached hydrogen (secondary N) is 1. The summed E-state index contributed by atoms with van der Waals surface area (Å²) in [6.45, 7) is 4.07. The molecule has 0 aromatic carbocycles. The third kappa shape index (κ3) is 4.21. The number of hydrogen-bond donors (Lipinski definition) is 2. The molecular formula is C12H17ClF3N3O. The summed E-state index contributed by atoms with van der Waals surface area (Å²) in [5, 5.41) is 11.7. The molecule has 2 N–H and O–H groups in total. The topological polar surface area (TPSA) is 58.0 Å². The van der Waals surface area contributed by atoms with Crippen molar-refractivity contribution in [1.82, 2.24) is 9.97 Å². The second kappa shape index (κ2) is 6.58. The molecule has 0 bridgehead atoms. The van der Waals surface area contributed by atoms with Gasteiger partial charge in [-0.2, -0.15) is 13.2 Å². The van der Waals surface area contributed by atoms with Crippen LogP contribution in [0.5, 0.6) is 0 Å². The van der Waals surface area contributed by atoms with E-state index in [0.717, 1.165) is 6.07 Å². The third-order valence-electron chi connectivity index (χ3n) is 3.47. The van der Waals surface area contributed by atoms with E-state index in [1.807, 2.05) is 13.8 Å². The van der Waals surface area contributed by atoms with Gasteiger partial charge in [0, 0.05) is 18.0 Å². The molecule has 1 heterocycles. The van der Waals surface area contributed by atoms with Crippen molar-refractivity contribution in [3.8, 4) is 0 Å². The first kappa shape index (κ1) is 17.0. The van der Waals surface area contributed by atoms with Gasteiger partial charge in [-0.3, -0.25) is 0 Å². The Morgan fingerprint density at radius 3 is 2.30 bits per heavy atom. The molecule has 0 radical (unpaired) electrons. The highest BCUT2D eigenvalue weighted by atomic mass is 35.5. The number of alkyl halides is 3. The van der Waals surface area contributed by atoms with Gasteiger partial charge in [0.25, 0.3) is 0 Å². The first-order chi connectivity index (χ1) is 9.26. The van der Waals surface area contributed by atoms with E-state index in [0.29, 0.717) is 19.4 Å². The lowest BCUT2D eigenvalue weighted by atomic mass is 9.83. The smallest absolute Gasteiger partial charge is 0.396 e. The summed E-state index contributed by atoms with van der Waals surface area (Å²) in [5.74, 6) is -0.00273. The summed E-state index contributed by atoms with van der Waals surface area (Å²) < 4.78 is 37.8. The van der Waals surface area contributed by atoms with Gasteiger partial charge < -0.3 is 10.4 Å². The van der Waals surface area contributed by atoms with E-state index in [-0.39, 0.29) is 12.4 Å². The van der Waals surface area contributed by atoms with Crippen LogP contribution in [-0.4, -0.2) is 28.2 Å². The molecule has 0 spiro atoms. The summed E-state index contributed by atoms with van der Waals surface area (Å²) in [5.41, 5.74) is -1.49. The van der Waals surface area contributed by atoms with Crippen molar-refractivity contribution in [1.29, 1.82) is 0 Å². The van der Waals surface area contributed by atoms with Crippen LogP contribution in [0.25, 0.3) is 0 Å². The maximum Gasteiger partial charge on any atom is 0.433 e. The minimum atomic E-state index is -4.58. The fourth-order valence-corrected chi connectivity index (χ4v) is 1.89. The molecule has 0 amide bonds. The van der Waals surface area contributed by atoms with E-state index >= 15 is 0 Å². The first-order valence-corrected chi connectivity index (χ1v) is 6.60. The highest BCUT2D eigenvalue weighted by molar-refractivity contribution is 6.28. The van der Waals surface area contributed by atoms with Gasteiger partial charge in [-0.15, -0.1) is 0 Å². The molecule has 0 saturated carbocycles. The Kier molecular flexibility index (Phi) is 5.59. The van der Waals surface area contributed by atoms with Crippen molar-refractivity contribution in [3.63, 3.8) is 0 Å². The second-order valence-corrected chi connectivity index (χ2v) is 4.96. The summed E-state index contributed by atoms with van der Waals surface area (Å²) in [7, 11) is 0. The normalized spacial score (nSPS) is 12.6. The Hall–Kier alpha value is -1.08. The number of hydrogen-bond acceptors (Lipinski definition) is 4.